The Labute approximate surface area is 118 Å². The standard InChI is InChI=1S/C17H30O2/c1-7-14-11(2)17(19-12(3)18-14)10-13-8-9-16(17,6)15(13,4)5/h11-14H,7-10H2,1-6H3. The van der Waals surface area contributed by atoms with Gasteiger partial charge in [0, 0.05) is 11.3 Å². The second-order valence-corrected chi connectivity index (χ2v) is 7.94. The highest BCUT2D eigenvalue weighted by Crippen LogP contribution is 2.73. The molecule has 6 atom stereocenters. The summed E-state index contributed by atoms with van der Waals surface area (Å²) in [6.07, 6.45) is 5.34. The molecule has 3 fully saturated rings. The van der Waals surface area contributed by atoms with Gasteiger partial charge in [-0.05, 0) is 43.9 Å². The summed E-state index contributed by atoms with van der Waals surface area (Å²) >= 11 is 0. The molecule has 2 heteroatoms. The van der Waals surface area contributed by atoms with Crippen molar-refractivity contribution >= 4 is 0 Å². The molecule has 2 saturated carbocycles. The summed E-state index contributed by atoms with van der Waals surface area (Å²) in [5.74, 6) is 1.33. The van der Waals surface area contributed by atoms with Gasteiger partial charge in [-0.15, -0.1) is 0 Å². The van der Waals surface area contributed by atoms with E-state index in [9.17, 15) is 0 Å². The van der Waals surface area contributed by atoms with Crippen LogP contribution in [0.15, 0.2) is 0 Å². The molecule has 0 N–H and O–H groups in total. The highest BCUT2D eigenvalue weighted by molar-refractivity contribution is 5.21. The van der Waals surface area contributed by atoms with Gasteiger partial charge in [0.15, 0.2) is 6.29 Å². The van der Waals surface area contributed by atoms with E-state index < -0.39 is 0 Å². The maximum Gasteiger partial charge on any atom is 0.155 e. The van der Waals surface area contributed by atoms with Crippen LogP contribution in [0, 0.1) is 22.7 Å². The van der Waals surface area contributed by atoms with E-state index in [1.807, 2.05) is 0 Å². The minimum atomic E-state index is -0.0480. The zero-order valence-electron chi connectivity index (χ0n) is 13.5. The molecule has 1 saturated heterocycles. The van der Waals surface area contributed by atoms with Gasteiger partial charge >= 0.3 is 0 Å². The second-order valence-electron chi connectivity index (χ2n) is 7.94. The third kappa shape index (κ3) is 1.45. The van der Waals surface area contributed by atoms with Crippen molar-refractivity contribution in [1.29, 1.82) is 0 Å². The van der Waals surface area contributed by atoms with Crippen molar-refractivity contribution in [2.75, 3.05) is 0 Å². The molecular weight excluding hydrogens is 236 g/mol. The Kier molecular flexibility index (Phi) is 2.91. The van der Waals surface area contributed by atoms with Crippen LogP contribution >= 0.6 is 0 Å². The van der Waals surface area contributed by atoms with Crippen LogP contribution in [0.2, 0.25) is 0 Å². The van der Waals surface area contributed by atoms with Gasteiger partial charge in [0.1, 0.15) is 0 Å². The zero-order chi connectivity index (χ0) is 14.1. The van der Waals surface area contributed by atoms with Gasteiger partial charge in [-0.25, -0.2) is 0 Å². The third-order valence-corrected chi connectivity index (χ3v) is 7.36. The fourth-order valence-electron chi connectivity index (χ4n) is 5.71. The first kappa shape index (κ1) is 13.9. The molecule has 3 rings (SSSR count). The van der Waals surface area contributed by atoms with Crippen molar-refractivity contribution in [3.63, 3.8) is 0 Å². The highest BCUT2D eigenvalue weighted by Gasteiger charge is 2.72. The Morgan fingerprint density at radius 1 is 1.16 bits per heavy atom. The molecule has 0 aromatic rings. The number of hydrogen-bond donors (Lipinski definition) is 0. The number of ether oxygens (including phenoxy) is 2. The highest BCUT2D eigenvalue weighted by atomic mass is 16.7. The predicted octanol–water partition coefficient (Wildman–Crippen LogP) is 4.38. The first-order valence-electron chi connectivity index (χ1n) is 8.12. The van der Waals surface area contributed by atoms with Gasteiger partial charge in [-0.2, -0.15) is 0 Å². The van der Waals surface area contributed by atoms with Crippen LogP contribution in [0.1, 0.15) is 67.2 Å². The molecule has 3 aliphatic rings. The van der Waals surface area contributed by atoms with E-state index in [0.717, 1.165) is 12.3 Å². The van der Waals surface area contributed by atoms with Gasteiger partial charge < -0.3 is 9.47 Å². The number of fused-ring (bicyclic) bond motifs is 3. The molecule has 0 aromatic carbocycles. The Hall–Kier alpha value is -0.0800. The maximum absolute atomic E-state index is 6.53. The van der Waals surface area contributed by atoms with Crippen LogP contribution in [-0.4, -0.2) is 18.0 Å². The van der Waals surface area contributed by atoms with Crippen molar-refractivity contribution in [1.82, 2.24) is 0 Å². The van der Waals surface area contributed by atoms with E-state index in [-0.39, 0.29) is 11.9 Å². The van der Waals surface area contributed by atoms with Crippen LogP contribution in [0.4, 0.5) is 0 Å². The summed E-state index contributed by atoms with van der Waals surface area (Å²) in [5.41, 5.74) is 0.740. The normalized spacial score (nSPS) is 55.9. The van der Waals surface area contributed by atoms with E-state index in [1.165, 1.54) is 19.3 Å². The SMILES string of the molecule is CCC1OC(C)OC2(CC3CCC2(C)C3(C)C)C1C. The van der Waals surface area contributed by atoms with Crippen molar-refractivity contribution in [2.24, 2.45) is 22.7 Å². The largest absolute Gasteiger partial charge is 0.349 e. The first-order chi connectivity index (χ1) is 8.78. The van der Waals surface area contributed by atoms with Crippen molar-refractivity contribution in [3.05, 3.63) is 0 Å². The van der Waals surface area contributed by atoms with Crippen molar-refractivity contribution in [3.8, 4) is 0 Å². The van der Waals surface area contributed by atoms with Gasteiger partial charge in [0.2, 0.25) is 0 Å². The minimum Gasteiger partial charge on any atom is -0.349 e. The van der Waals surface area contributed by atoms with Gasteiger partial charge in [0.05, 0.1) is 11.7 Å². The first-order valence-corrected chi connectivity index (χ1v) is 8.12. The van der Waals surface area contributed by atoms with E-state index in [2.05, 4.69) is 41.5 Å². The topological polar surface area (TPSA) is 18.5 Å². The van der Waals surface area contributed by atoms with E-state index >= 15 is 0 Å². The quantitative estimate of drug-likeness (QED) is 0.701. The van der Waals surface area contributed by atoms with Crippen LogP contribution < -0.4 is 0 Å². The summed E-state index contributed by atoms with van der Waals surface area (Å²) in [6.45, 7) is 14.1. The summed E-state index contributed by atoms with van der Waals surface area (Å²) < 4.78 is 12.6. The third-order valence-electron chi connectivity index (χ3n) is 7.36. The molecule has 1 aliphatic heterocycles. The monoisotopic (exact) mass is 266 g/mol. The fourth-order valence-corrected chi connectivity index (χ4v) is 5.71. The van der Waals surface area contributed by atoms with Crippen LogP contribution in [-0.2, 0) is 9.47 Å². The van der Waals surface area contributed by atoms with E-state index in [0.29, 0.717) is 22.9 Å². The van der Waals surface area contributed by atoms with Crippen LogP contribution in [0.25, 0.3) is 0 Å². The maximum atomic E-state index is 6.53. The lowest BCUT2D eigenvalue weighted by atomic mass is 9.59. The summed E-state index contributed by atoms with van der Waals surface area (Å²) in [6, 6.07) is 0. The van der Waals surface area contributed by atoms with Gasteiger partial charge in [-0.3, -0.25) is 0 Å². The molecule has 110 valence electrons. The average Bonchev–Trinajstić information content (AvgIpc) is 2.66. The molecule has 1 spiro atoms. The predicted molar refractivity (Wildman–Crippen MR) is 76.8 cm³/mol. The molecule has 0 aromatic heterocycles. The number of rotatable bonds is 1. The minimum absolute atomic E-state index is 0.0394. The molecule has 2 bridgehead atoms. The van der Waals surface area contributed by atoms with Crippen LogP contribution in [0.5, 0.6) is 0 Å². The van der Waals surface area contributed by atoms with Crippen molar-refractivity contribution < 1.29 is 9.47 Å². The summed E-state index contributed by atoms with van der Waals surface area (Å²) in [7, 11) is 0. The lowest BCUT2D eigenvalue weighted by Gasteiger charge is -2.57. The molecule has 1 heterocycles. The average molecular weight is 266 g/mol. The lowest BCUT2D eigenvalue weighted by molar-refractivity contribution is -0.332. The Morgan fingerprint density at radius 3 is 2.32 bits per heavy atom. The molecule has 19 heavy (non-hydrogen) atoms. The Morgan fingerprint density at radius 2 is 1.84 bits per heavy atom. The molecular formula is C17H30O2. The molecule has 0 amide bonds. The fraction of sp³-hybridized carbons (Fsp3) is 1.00. The molecule has 6 unspecified atom stereocenters. The number of hydrogen-bond acceptors (Lipinski definition) is 2. The van der Waals surface area contributed by atoms with Crippen LogP contribution in [0.3, 0.4) is 0 Å². The smallest absolute Gasteiger partial charge is 0.155 e. The summed E-state index contributed by atoms with van der Waals surface area (Å²) in [5, 5.41) is 0. The van der Waals surface area contributed by atoms with E-state index in [1.54, 1.807) is 0 Å². The molecule has 2 aliphatic carbocycles. The van der Waals surface area contributed by atoms with Gasteiger partial charge in [-0.1, -0.05) is 34.6 Å². The zero-order valence-corrected chi connectivity index (χ0v) is 13.5. The molecule has 2 nitrogen and oxygen atoms in total. The summed E-state index contributed by atoms with van der Waals surface area (Å²) in [4.78, 5) is 0. The van der Waals surface area contributed by atoms with Crippen molar-refractivity contribution in [2.45, 2.75) is 85.2 Å². The van der Waals surface area contributed by atoms with E-state index in [4.69, 9.17) is 9.47 Å². The lowest BCUT2D eigenvalue weighted by Crippen LogP contribution is -2.61. The van der Waals surface area contributed by atoms with Gasteiger partial charge in [0.25, 0.3) is 0 Å². The molecule has 0 radical (unpaired) electrons. The Balaban J connectivity index is 2.04. The Bertz CT molecular complexity index is 377. The second kappa shape index (κ2) is 3.98.